The standard InChI is InChI=1S/C21H33N7O2/c1-22-27(13-10-20(29)23-15-18-6-2-3-7-18)11-4-5-12-28-16-19(25-26-28)24-21(30)14-17-8-9-17/h10,13,16-18H,1-9,11-12,14-15H2,(H,23,29)(H,24,30)/b13-10+. The molecule has 0 spiro atoms. The first-order chi connectivity index (χ1) is 14.6. The maximum absolute atomic E-state index is 11.9. The van der Waals surface area contributed by atoms with E-state index in [-0.39, 0.29) is 11.8 Å². The van der Waals surface area contributed by atoms with E-state index in [1.807, 2.05) is 0 Å². The van der Waals surface area contributed by atoms with Crippen LogP contribution in [0, 0.1) is 11.8 Å². The van der Waals surface area contributed by atoms with Gasteiger partial charge in [0.2, 0.25) is 11.8 Å². The van der Waals surface area contributed by atoms with Crippen molar-refractivity contribution in [2.24, 2.45) is 16.9 Å². The molecule has 0 atom stereocenters. The van der Waals surface area contributed by atoms with E-state index in [2.05, 4.69) is 32.8 Å². The van der Waals surface area contributed by atoms with Crippen LogP contribution in [0.5, 0.6) is 0 Å². The zero-order chi connectivity index (χ0) is 21.2. The second-order valence-corrected chi connectivity index (χ2v) is 8.29. The van der Waals surface area contributed by atoms with Crippen LogP contribution in [0.2, 0.25) is 0 Å². The van der Waals surface area contributed by atoms with Crippen molar-refractivity contribution in [1.82, 2.24) is 25.3 Å². The number of hydrogen-bond donors (Lipinski definition) is 2. The smallest absolute Gasteiger partial charge is 0.245 e. The number of anilines is 1. The third kappa shape index (κ3) is 7.96. The first-order valence-corrected chi connectivity index (χ1v) is 11.0. The van der Waals surface area contributed by atoms with Crippen LogP contribution in [0.4, 0.5) is 5.82 Å². The normalized spacial score (nSPS) is 16.7. The van der Waals surface area contributed by atoms with E-state index < -0.39 is 0 Å². The number of carbonyl (C=O) groups is 2. The Balaban J connectivity index is 1.29. The molecule has 2 fully saturated rings. The van der Waals surface area contributed by atoms with E-state index in [4.69, 9.17) is 0 Å². The number of nitrogens with one attached hydrogen (secondary N) is 2. The molecule has 0 saturated heterocycles. The van der Waals surface area contributed by atoms with Gasteiger partial charge in [0.1, 0.15) is 0 Å². The lowest BCUT2D eigenvalue weighted by atomic mass is 10.1. The van der Waals surface area contributed by atoms with Gasteiger partial charge in [-0.05, 0) is 50.4 Å². The molecule has 2 N–H and O–H groups in total. The van der Waals surface area contributed by atoms with Crippen molar-refractivity contribution >= 4 is 24.3 Å². The van der Waals surface area contributed by atoms with Gasteiger partial charge in [-0.1, -0.05) is 18.1 Å². The van der Waals surface area contributed by atoms with Crippen molar-refractivity contribution in [3.8, 4) is 0 Å². The molecule has 9 nitrogen and oxygen atoms in total. The number of hydrogen-bond acceptors (Lipinski definition) is 6. The number of hydrazone groups is 1. The third-order valence-corrected chi connectivity index (χ3v) is 5.62. The van der Waals surface area contributed by atoms with Gasteiger partial charge in [-0.15, -0.1) is 5.10 Å². The van der Waals surface area contributed by atoms with Gasteiger partial charge in [-0.3, -0.25) is 19.3 Å². The van der Waals surface area contributed by atoms with E-state index in [0.29, 0.717) is 37.2 Å². The summed E-state index contributed by atoms with van der Waals surface area (Å²) in [5.41, 5.74) is 0. The molecule has 3 rings (SSSR count). The van der Waals surface area contributed by atoms with Gasteiger partial charge >= 0.3 is 0 Å². The van der Waals surface area contributed by atoms with Crippen LogP contribution >= 0.6 is 0 Å². The lowest BCUT2D eigenvalue weighted by Gasteiger charge is -2.13. The highest BCUT2D eigenvalue weighted by Crippen LogP contribution is 2.32. The maximum Gasteiger partial charge on any atom is 0.245 e. The molecule has 0 aromatic carbocycles. The van der Waals surface area contributed by atoms with Crippen molar-refractivity contribution in [2.45, 2.75) is 64.3 Å². The predicted molar refractivity (Wildman–Crippen MR) is 116 cm³/mol. The van der Waals surface area contributed by atoms with Crippen molar-refractivity contribution in [3.05, 3.63) is 18.5 Å². The Bertz CT molecular complexity index is 735. The summed E-state index contributed by atoms with van der Waals surface area (Å²) in [6.45, 7) is 5.68. The lowest BCUT2D eigenvalue weighted by Crippen LogP contribution is -2.27. The third-order valence-electron chi connectivity index (χ3n) is 5.62. The van der Waals surface area contributed by atoms with Crippen LogP contribution < -0.4 is 10.6 Å². The zero-order valence-corrected chi connectivity index (χ0v) is 17.6. The Labute approximate surface area is 178 Å². The zero-order valence-electron chi connectivity index (χ0n) is 17.6. The number of rotatable bonds is 13. The Hall–Kier alpha value is -2.71. The monoisotopic (exact) mass is 415 g/mol. The van der Waals surface area contributed by atoms with Crippen molar-refractivity contribution in [2.75, 3.05) is 18.4 Å². The largest absolute Gasteiger partial charge is 0.352 e. The molecule has 0 bridgehead atoms. The van der Waals surface area contributed by atoms with E-state index >= 15 is 0 Å². The fourth-order valence-corrected chi connectivity index (χ4v) is 3.66. The van der Waals surface area contributed by atoms with Gasteiger partial charge in [0.05, 0.1) is 6.20 Å². The van der Waals surface area contributed by atoms with E-state index in [1.54, 1.807) is 22.1 Å². The molecular weight excluding hydrogens is 382 g/mol. The van der Waals surface area contributed by atoms with Crippen LogP contribution in [-0.4, -0.2) is 51.6 Å². The van der Waals surface area contributed by atoms with Gasteiger partial charge in [-0.25, -0.2) is 0 Å². The molecule has 1 heterocycles. The fourth-order valence-electron chi connectivity index (χ4n) is 3.66. The maximum atomic E-state index is 11.9. The molecule has 1 aromatic heterocycles. The molecule has 0 radical (unpaired) electrons. The molecule has 0 unspecified atom stereocenters. The summed E-state index contributed by atoms with van der Waals surface area (Å²) in [5, 5.41) is 19.4. The highest BCUT2D eigenvalue weighted by atomic mass is 16.2. The van der Waals surface area contributed by atoms with E-state index in [0.717, 1.165) is 32.2 Å². The summed E-state index contributed by atoms with van der Waals surface area (Å²) in [6, 6.07) is 0. The van der Waals surface area contributed by atoms with Crippen LogP contribution in [-0.2, 0) is 16.1 Å². The van der Waals surface area contributed by atoms with Gasteiger partial charge < -0.3 is 10.6 Å². The SMILES string of the molecule is C=NN(/C=C/C(=O)NCC1CCCC1)CCCCn1cc(NC(=O)CC2CC2)nn1. The van der Waals surface area contributed by atoms with Crippen molar-refractivity contribution < 1.29 is 9.59 Å². The average molecular weight is 416 g/mol. The Morgan fingerprint density at radius 2 is 2.03 bits per heavy atom. The van der Waals surface area contributed by atoms with Crippen LogP contribution in [0.1, 0.15) is 57.8 Å². The number of nitrogens with zero attached hydrogens (tertiary/aromatic N) is 5. The quantitative estimate of drug-likeness (QED) is 0.223. The second kappa shape index (κ2) is 11.5. The molecule has 2 aliphatic rings. The van der Waals surface area contributed by atoms with Crippen molar-refractivity contribution in [3.63, 3.8) is 0 Å². The molecule has 9 heteroatoms. The summed E-state index contributed by atoms with van der Waals surface area (Å²) in [7, 11) is 0. The highest BCUT2D eigenvalue weighted by Gasteiger charge is 2.24. The summed E-state index contributed by atoms with van der Waals surface area (Å²) >= 11 is 0. The van der Waals surface area contributed by atoms with E-state index in [9.17, 15) is 9.59 Å². The lowest BCUT2D eigenvalue weighted by molar-refractivity contribution is -0.117. The topological polar surface area (TPSA) is 105 Å². The summed E-state index contributed by atoms with van der Waals surface area (Å²) in [4.78, 5) is 23.8. The molecule has 1 aromatic rings. The minimum atomic E-state index is -0.0885. The van der Waals surface area contributed by atoms with E-state index in [1.165, 1.54) is 31.8 Å². The Kier molecular flexibility index (Phi) is 8.41. The first-order valence-electron chi connectivity index (χ1n) is 11.0. The average Bonchev–Trinajstić information content (AvgIpc) is 3.19. The fraction of sp³-hybridized carbons (Fsp3) is 0.667. The molecule has 164 valence electrons. The molecule has 2 saturated carbocycles. The van der Waals surface area contributed by atoms with Gasteiger partial charge in [0.15, 0.2) is 5.82 Å². The van der Waals surface area contributed by atoms with Gasteiger partial charge in [-0.2, -0.15) is 5.10 Å². The van der Waals surface area contributed by atoms with Crippen molar-refractivity contribution in [1.29, 1.82) is 0 Å². The summed E-state index contributed by atoms with van der Waals surface area (Å²) in [6.07, 6.45) is 14.5. The minimum Gasteiger partial charge on any atom is -0.352 e. The predicted octanol–water partition coefficient (Wildman–Crippen LogP) is 2.53. The molecule has 2 amide bonds. The molecule has 0 aliphatic heterocycles. The number of aromatic nitrogens is 3. The highest BCUT2D eigenvalue weighted by molar-refractivity contribution is 5.89. The molecule has 30 heavy (non-hydrogen) atoms. The molecule has 2 aliphatic carbocycles. The van der Waals surface area contributed by atoms with Crippen LogP contribution in [0.15, 0.2) is 23.6 Å². The van der Waals surface area contributed by atoms with Crippen LogP contribution in [0.3, 0.4) is 0 Å². The van der Waals surface area contributed by atoms with Crippen LogP contribution in [0.25, 0.3) is 0 Å². The summed E-state index contributed by atoms with van der Waals surface area (Å²) < 4.78 is 1.73. The molecular formula is C21H33N7O2. The first kappa shape index (κ1) is 22.0. The number of aryl methyl sites for hydroxylation is 1. The summed E-state index contributed by atoms with van der Waals surface area (Å²) in [5.74, 6) is 1.60. The van der Waals surface area contributed by atoms with Gasteiger partial charge in [0.25, 0.3) is 0 Å². The minimum absolute atomic E-state index is 0.0105. The van der Waals surface area contributed by atoms with Gasteiger partial charge in [0, 0.05) is 45.0 Å². The second-order valence-electron chi connectivity index (χ2n) is 8.29. The number of unbranched alkanes of at least 4 members (excludes halogenated alkanes) is 1. The Morgan fingerprint density at radius 1 is 1.23 bits per heavy atom. The number of carbonyl (C=O) groups excluding carboxylic acids is 2. The number of amides is 2. The Morgan fingerprint density at radius 3 is 2.77 bits per heavy atom.